The molecule has 0 aliphatic heterocycles. The van der Waals surface area contributed by atoms with Crippen LogP contribution in [0, 0.1) is 6.92 Å². The minimum Gasteiger partial charge on any atom is -0.321 e. The third-order valence-corrected chi connectivity index (χ3v) is 7.58. The van der Waals surface area contributed by atoms with Gasteiger partial charge in [0.25, 0.3) is 21.5 Å². The Bertz CT molecular complexity index is 1800. The van der Waals surface area contributed by atoms with Crippen LogP contribution in [0.4, 0.5) is 11.4 Å². The van der Waals surface area contributed by atoms with Crippen LogP contribution in [-0.2, 0) is 17.1 Å². The Morgan fingerprint density at radius 2 is 1.51 bits per heavy atom. The quantitative estimate of drug-likeness (QED) is 0.345. The molecule has 0 aliphatic carbocycles. The number of amides is 1. The van der Waals surface area contributed by atoms with Gasteiger partial charge in [0.1, 0.15) is 5.69 Å². The lowest BCUT2D eigenvalue weighted by Gasteiger charge is -2.11. The standard InChI is InChI=1S/C28H24N4O4S/c1-19-26(28(34)32(31(19)2)22-13-4-3-5-14-22)30-37(35,36)23-15-8-12-21(18-23)27(33)29-25-17-9-11-20-10-6-7-16-24(20)25/h3-18,30H,1-2H3,(H,29,33). The molecule has 0 atom stereocenters. The van der Waals surface area contributed by atoms with E-state index in [2.05, 4.69) is 10.0 Å². The van der Waals surface area contributed by atoms with Crippen LogP contribution in [0.5, 0.6) is 0 Å². The first-order valence-corrected chi connectivity index (χ1v) is 13.0. The molecule has 1 aromatic heterocycles. The molecule has 4 aromatic carbocycles. The summed E-state index contributed by atoms with van der Waals surface area (Å²) in [7, 11) is -2.48. The van der Waals surface area contributed by atoms with Crippen molar-refractivity contribution in [1.29, 1.82) is 0 Å². The van der Waals surface area contributed by atoms with Crippen molar-refractivity contribution >= 4 is 38.1 Å². The molecule has 8 nitrogen and oxygen atoms in total. The summed E-state index contributed by atoms with van der Waals surface area (Å²) < 4.78 is 31.9. The first kappa shape index (κ1) is 24.1. The third-order valence-electron chi connectivity index (χ3n) is 6.24. The third kappa shape index (κ3) is 4.52. The molecule has 2 N–H and O–H groups in total. The summed E-state index contributed by atoms with van der Waals surface area (Å²) in [5.41, 5.74) is 1.28. The molecule has 0 unspecified atom stereocenters. The molecular formula is C28H24N4O4S. The molecule has 0 bridgehead atoms. The van der Waals surface area contributed by atoms with Crippen LogP contribution >= 0.6 is 0 Å². The maximum absolute atomic E-state index is 13.3. The van der Waals surface area contributed by atoms with Crippen molar-refractivity contribution in [1.82, 2.24) is 9.36 Å². The number of nitrogens with one attached hydrogen (secondary N) is 2. The van der Waals surface area contributed by atoms with E-state index in [4.69, 9.17) is 0 Å². The number of sulfonamides is 1. The molecule has 5 aromatic rings. The lowest BCUT2D eigenvalue weighted by atomic mass is 10.1. The van der Waals surface area contributed by atoms with E-state index in [0.29, 0.717) is 17.1 Å². The van der Waals surface area contributed by atoms with E-state index >= 15 is 0 Å². The Hall–Kier alpha value is -4.63. The van der Waals surface area contributed by atoms with E-state index in [1.54, 1.807) is 49.0 Å². The molecule has 0 saturated carbocycles. The number of hydrogen-bond acceptors (Lipinski definition) is 4. The highest BCUT2D eigenvalue weighted by atomic mass is 32.2. The van der Waals surface area contributed by atoms with Gasteiger partial charge in [-0.05, 0) is 48.7 Å². The number of carbonyl (C=O) groups excluding carboxylic acids is 1. The first-order chi connectivity index (χ1) is 17.8. The minimum absolute atomic E-state index is 0.0584. The van der Waals surface area contributed by atoms with Crippen LogP contribution in [-0.4, -0.2) is 23.7 Å². The molecule has 0 aliphatic rings. The van der Waals surface area contributed by atoms with Gasteiger partial charge in [0.05, 0.1) is 16.3 Å². The van der Waals surface area contributed by atoms with Gasteiger partial charge in [0, 0.05) is 23.7 Å². The Kier molecular flexibility index (Phi) is 6.14. The second kappa shape index (κ2) is 9.44. The number of aromatic nitrogens is 2. The molecule has 5 rings (SSSR count). The van der Waals surface area contributed by atoms with Gasteiger partial charge >= 0.3 is 0 Å². The summed E-state index contributed by atoms with van der Waals surface area (Å²) in [6.07, 6.45) is 0. The summed E-state index contributed by atoms with van der Waals surface area (Å²) in [6.45, 7) is 1.66. The maximum Gasteiger partial charge on any atom is 0.296 e. The molecular weight excluding hydrogens is 488 g/mol. The lowest BCUT2D eigenvalue weighted by Crippen LogP contribution is -2.23. The Morgan fingerprint density at radius 1 is 0.838 bits per heavy atom. The summed E-state index contributed by atoms with van der Waals surface area (Å²) in [6, 6.07) is 27.9. The average molecular weight is 513 g/mol. The molecule has 0 fully saturated rings. The van der Waals surface area contributed by atoms with E-state index in [-0.39, 0.29) is 16.1 Å². The Balaban J connectivity index is 1.45. The number of anilines is 2. The van der Waals surface area contributed by atoms with Gasteiger partial charge in [-0.15, -0.1) is 0 Å². The number of hydrogen-bond donors (Lipinski definition) is 2. The summed E-state index contributed by atoms with van der Waals surface area (Å²) in [5, 5.41) is 4.71. The number of rotatable bonds is 6. The van der Waals surface area contributed by atoms with Crippen molar-refractivity contribution < 1.29 is 13.2 Å². The number of fused-ring (bicyclic) bond motifs is 1. The molecule has 1 heterocycles. The monoisotopic (exact) mass is 512 g/mol. The molecule has 1 amide bonds. The molecule has 0 radical (unpaired) electrons. The summed E-state index contributed by atoms with van der Waals surface area (Å²) in [5.74, 6) is -0.448. The molecule has 37 heavy (non-hydrogen) atoms. The van der Waals surface area contributed by atoms with Gasteiger partial charge in [0.2, 0.25) is 0 Å². The Morgan fingerprint density at radius 3 is 2.30 bits per heavy atom. The van der Waals surface area contributed by atoms with Crippen LogP contribution in [0.1, 0.15) is 16.1 Å². The van der Waals surface area contributed by atoms with Crippen LogP contribution in [0.25, 0.3) is 16.5 Å². The average Bonchev–Trinajstić information content (AvgIpc) is 3.12. The zero-order chi connectivity index (χ0) is 26.2. The van der Waals surface area contributed by atoms with Crippen molar-refractivity contribution in [2.45, 2.75) is 11.8 Å². The number of benzene rings is 4. The molecule has 0 spiro atoms. The van der Waals surface area contributed by atoms with Crippen molar-refractivity contribution in [3.05, 3.63) is 119 Å². The van der Waals surface area contributed by atoms with Crippen molar-refractivity contribution in [2.24, 2.45) is 7.05 Å². The highest BCUT2D eigenvalue weighted by Crippen LogP contribution is 2.24. The van der Waals surface area contributed by atoms with E-state index in [1.807, 2.05) is 42.5 Å². The number of nitrogens with zero attached hydrogens (tertiary/aromatic N) is 2. The predicted octanol–water partition coefficient (Wildman–Crippen LogP) is 4.69. The fourth-order valence-electron chi connectivity index (χ4n) is 4.21. The fraction of sp³-hybridized carbons (Fsp3) is 0.0714. The van der Waals surface area contributed by atoms with E-state index < -0.39 is 21.5 Å². The van der Waals surface area contributed by atoms with Crippen LogP contribution in [0.3, 0.4) is 0 Å². The van der Waals surface area contributed by atoms with Crippen LogP contribution in [0.15, 0.2) is 107 Å². The van der Waals surface area contributed by atoms with Gasteiger partial charge in [-0.3, -0.25) is 19.0 Å². The summed E-state index contributed by atoms with van der Waals surface area (Å²) >= 11 is 0. The zero-order valence-corrected chi connectivity index (χ0v) is 21.0. The van der Waals surface area contributed by atoms with Crippen molar-refractivity contribution in [3.63, 3.8) is 0 Å². The van der Waals surface area contributed by atoms with Crippen LogP contribution in [0.2, 0.25) is 0 Å². The van der Waals surface area contributed by atoms with Gasteiger partial charge in [-0.25, -0.2) is 13.1 Å². The SMILES string of the molecule is Cc1c(NS(=O)(=O)c2cccc(C(=O)Nc3cccc4ccccc34)c2)c(=O)n(-c2ccccc2)n1C. The maximum atomic E-state index is 13.3. The molecule has 0 saturated heterocycles. The lowest BCUT2D eigenvalue weighted by molar-refractivity contribution is 0.102. The normalized spacial score (nSPS) is 11.4. The topological polar surface area (TPSA) is 102 Å². The van der Waals surface area contributed by atoms with Gasteiger partial charge < -0.3 is 5.32 Å². The smallest absolute Gasteiger partial charge is 0.296 e. The second-order valence-corrected chi connectivity index (χ2v) is 10.2. The second-order valence-electron chi connectivity index (χ2n) is 8.55. The fourth-order valence-corrected chi connectivity index (χ4v) is 5.37. The summed E-state index contributed by atoms with van der Waals surface area (Å²) in [4.78, 5) is 26.0. The van der Waals surface area contributed by atoms with Crippen molar-refractivity contribution in [3.8, 4) is 5.69 Å². The van der Waals surface area contributed by atoms with Gasteiger partial charge in [-0.2, -0.15) is 0 Å². The van der Waals surface area contributed by atoms with Gasteiger partial charge in [-0.1, -0.05) is 60.7 Å². The first-order valence-electron chi connectivity index (χ1n) is 11.5. The highest BCUT2D eigenvalue weighted by molar-refractivity contribution is 7.92. The van der Waals surface area contributed by atoms with Gasteiger partial charge in [0.15, 0.2) is 0 Å². The largest absolute Gasteiger partial charge is 0.321 e. The molecule has 186 valence electrons. The van der Waals surface area contributed by atoms with Crippen molar-refractivity contribution in [2.75, 3.05) is 10.0 Å². The minimum atomic E-state index is -4.16. The zero-order valence-electron chi connectivity index (χ0n) is 20.2. The Labute approximate surface area is 213 Å². The predicted molar refractivity (Wildman–Crippen MR) is 145 cm³/mol. The van der Waals surface area contributed by atoms with Crippen LogP contribution < -0.4 is 15.6 Å². The highest BCUT2D eigenvalue weighted by Gasteiger charge is 2.23. The number of para-hydroxylation sites is 1. The number of carbonyl (C=O) groups is 1. The van der Waals surface area contributed by atoms with E-state index in [9.17, 15) is 18.0 Å². The van der Waals surface area contributed by atoms with E-state index in [1.165, 1.54) is 28.9 Å². The van der Waals surface area contributed by atoms with E-state index in [0.717, 1.165) is 10.8 Å². The molecule has 9 heteroatoms.